The quantitative estimate of drug-likeness (QED) is 0.538. The lowest BCUT2D eigenvalue weighted by molar-refractivity contribution is 0.204. The first kappa shape index (κ1) is 23.9. The highest BCUT2D eigenvalue weighted by Crippen LogP contribution is 2.23. The highest BCUT2D eigenvalue weighted by Gasteiger charge is 2.22. The molecule has 10 nitrogen and oxygen atoms in total. The topological polar surface area (TPSA) is 123 Å². The van der Waals surface area contributed by atoms with Crippen LogP contribution in [0.2, 0.25) is 0 Å². The highest BCUT2D eigenvalue weighted by atomic mass is 32.2. The number of hydrogen-bond donors (Lipinski definition) is 2. The van der Waals surface area contributed by atoms with Crippen molar-refractivity contribution in [2.24, 2.45) is 0 Å². The molecule has 1 aliphatic rings. The number of piperazine rings is 1. The fraction of sp³-hybridized carbons (Fsp3) is 0.476. The molecule has 0 spiro atoms. The first-order valence-electron chi connectivity index (χ1n) is 10.5. The van der Waals surface area contributed by atoms with E-state index in [-0.39, 0.29) is 11.4 Å². The predicted molar refractivity (Wildman–Crippen MR) is 122 cm³/mol. The number of methoxy groups -OCH3 is 1. The molecule has 2 heterocycles. The number of anilines is 3. The molecule has 1 saturated heterocycles. The van der Waals surface area contributed by atoms with Gasteiger partial charge in [0.15, 0.2) is 5.82 Å². The van der Waals surface area contributed by atoms with Crippen LogP contribution < -0.4 is 14.9 Å². The summed E-state index contributed by atoms with van der Waals surface area (Å²) < 4.78 is 31.9. The van der Waals surface area contributed by atoms with Gasteiger partial charge < -0.3 is 15.0 Å². The van der Waals surface area contributed by atoms with Gasteiger partial charge in [0.05, 0.1) is 17.7 Å². The van der Waals surface area contributed by atoms with Gasteiger partial charge in [0.2, 0.25) is 16.0 Å². The minimum atomic E-state index is -3.60. The van der Waals surface area contributed by atoms with Gasteiger partial charge in [-0.2, -0.15) is 10.2 Å². The molecule has 0 aliphatic carbocycles. The van der Waals surface area contributed by atoms with Crippen LogP contribution in [-0.4, -0.2) is 75.8 Å². The smallest absolute Gasteiger partial charge is 0.240 e. The third-order valence-corrected chi connectivity index (χ3v) is 6.73. The Morgan fingerprint density at radius 1 is 1.19 bits per heavy atom. The molecule has 1 aromatic carbocycles. The van der Waals surface area contributed by atoms with E-state index in [0.29, 0.717) is 35.7 Å². The van der Waals surface area contributed by atoms with Gasteiger partial charge in [-0.3, -0.25) is 4.90 Å². The number of nitrogens with zero attached hydrogens (tertiary/aromatic N) is 5. The van der Waals surface area contributed by atoms with Crippen LogP contribution >= 0.6 is 0 Å². The summed E-state index contributed by atoms with van der Waals surface area (Å²) in [6.07, 6.45) is 1.51. The Bertz CT molecular complexity index is 1040. The SMILES string of the molecule is COCCNS(=O)(=O)c1ccc(Nc2ncc(C#N)c(N3CCN(C(C)C)CC3)n2)cc1. The summed E-state index contributed by atoms with van der Waals surface area (Å²) in [7, 11) is -2.09. The molecule has 2 N–H and O–H groups in total. The molecular weight excluding hydrogens is 430 g/mol. The Morgan fingerprint density at radius 2 is 1.88 bits per heavy atom. The molecule has 2 aromatic rings. The van der Waals surface area contributed by atoms with Crippen LogP contribution in [0.4, 0.5) is 17.5 Å². The molecule has 172 valence electrons. The van der Waals surface area contributed by atoms with Crippen molar-refractivity contribution in [1.82, 2.24) is 19.6 Å². The Balaban J connectivity index is 1.72. The maximum atomic E-state index is 12.3. The standard InChI is InChI=1S/C21H29N7O3S/c1-16(2)27-9-11-28(12-10-27)20-17(14-22)15-23-21(26-20)25-18-4-6-19(7-5-18)32(29,30)24-8-13-31-3/h4-7,15-16,24H,8-13H2,1-3H3,(H,23,25,26). The van der Waals surface area contributed by atoms with Gasteiger partial charge >= 0.3 is 0 Å². The lowest BCUT2D eigenvalue weighted by Gasteiger charge is -2.37. The lowest BCUT2D eigenvalue weighted by atomic mass is 10.2. The van der Waals surface area contributed by atoms with E-state index in [0.717, 1.165) is 26.2 Å². The molecule has 0 radical (unpaired) electrons. The van der Waals surface area contributed by atoms with Crippen LogP contribution in [0.25, 0.3) is 0 Å². The zero-order valence-electron chi connectivity index (χ0n) is 18.6. The van der Waals surface area contributed by atoms with Gasteiger partial charge in [0, 0.05) is 51.6 Å². The van der Waals surface area contributed by atoms with Gasteiger partial charge in [-0.05, 0) is 38.1 Å². The van der Waals surface area contributed by atoms with Gasteiger partial charge in [-0.15, -0.1) is 0 Å². The Morgan fingerprint density at radius 3 is 2.47 bits per heavy atom. The number of benzene rings is 1. The lowest BCUT2D eigenvalue weighted by Crippen LogP contribution is -2.49. The Kier molecular flexibility index (Phi) is 7.98. The highest BCUT2D eigenvalue weighted by molar-refractivity contribution is 7.89. The summed E-state index contributed by atoms with van der Waals surface area (Å²) in [4.78, 5) is 13.5. The number of nitrogens with one attached hydrogen (secondary N) is 2. The molecule has 0 saturated carbocycles. The van der Waals surface area contributed by atoms with Crippen LogP contribution in [0.3, 0.4) is 0 Å². The van der Waals surface area contributed by atoms with Crippen LogP contribution in [0.1, 0.15) is 19.4 Å². The van der Waals surface area contributed by atoms with Crippen molar-refractivity contribution in [3.05, 3.63) is 36.0 Å². The Hall–Kier alpha value is -2.78. The fourth-order valence-electron chi connectivity index (χ4n) is 3.41. The van der Waals surface area contributed by atoms with Crippen LogP contribution in [0.5, 0.6) is 0 Å². The second kappa shape index (κ2) is 10.7. The molecule has 1 aromatic heterocycles. The van der Waals surface area contributed by atoms with E-state index < -0.39 is 10.0 Å². The van der Waals surface area contributed by atoms with Gasteiger partial charge in [-0.25, -0.2) is 18.1 Å². The number of hydrogen-bond acceptors (Lipinski definition) is 9. The maximum absolute atomic E-state index is 12.3. The summed E-state index contributed by atoms with van der Waals surface area (Å²) in [6.45, 7) is 8.23. The van der Waals surface area contributed by atoms with Crippen LogP contribution in [0.15, 0.2) is 35.4 Å². The molecule has 1 fully saturated rings. The van der Waals surface area contributed by atoms with E-state index in [2.05, 4.69) is 49.7 Å². The van der Waals surface area contributed by atoms with Crippen molar-refractivity contribution in [3.63, 3.8) is 0 Å². The molecule has 3 rings (SSSR count). The molecule has 11 heteroatoms. The molecular formula is C21H29N7O3S. The molecule has 1 aliphatic heterocycles. The van der Waals surface area contributed by atoms with Crippen LogP contribution in [-0.2, 0) is 14.8 Å². The summed E-state index contributed by atoms with van der Waals surface area (Å²) in [6, 6.07) is 8.96. The van der Waals surface area contributed by atoms with Gasteiger partial charge in [0.25, 0.3) is 0 Å². The number of aromatic nitrogens is 2. The van der Waals surface area contributed by atoms with Crippen molar-refractivity contribution in [2.45, 2.75) is 24.8 Å². The minimum absolute atomic E-state index is 0.156. The van der Waals surface area contributed by atoms with E-state index >= 15 is 0 Å². The molecule has 0 bridgehead atoms. The van der Waals surface area contributed by atoms with E-state index in [1.807, 2.05) is 0 Å². The summed E-state index contributed by atoms with van der Waals surface area (Å²) >= 11 is 0. The van der Waals surface area contributed by atoms with E-state index in [1.165, 1.54) is 25.4 Å². The normalized spacial score (nSPS) is 15.0. The Labute approximate surface area is 189 Å². The van der Waals surface area contributed by atoms with E-state index in [4.69, 9.17) is 4.74 Å². The second-order valence-electron chi connectivity index (χ2n) is 7.70. The summed E-state index contributed by atoms with van der Waals surface area (Å²) in [5, 5.41) is 12.6. The predicted octanol–water partition coefficient (Wildman–Crippen LogP) is 1.55. The third-order valence-electron chi connectivity index (χ3n) is 5.25. The first-order chi connectivity index (χ1) is 15.3. The number of ether oxygens (including phenoxy) is 1. The first-order valence-corrected chi connectivity index (χ1v) is 11.9. The summed E-state index contributed by atoms with van der Waals surface area (Å²) in [5.41, 5.74) is 1.07. The minimum Gasteiger partial charge on any atom is -0.383 e. The van der Waals surface area contributed by atoms with Crippen molar-refractivity contribution in [1.29, 1.82) is 5.26 Å². The average Bonchev–Trinajstić information content (AvgIpc) is 2.79. The third kappa shape index (κ3) is 5.92. The molecule has 0 atom stereocenters. The zero-order chi connectivity index (χ0) is 23.1. The second-order valence-corrected chi connectivity index (χ2v) is 9.47. The van der Waals surface area contributed by atoms with Gasteiger partial charge in [-0.1, -0.05) is 0 Å². The van der Waals surface area contributed by atoms with Crippen molar-refractivity contribution >= 4 is 27.5 Å². The fourth-order valence-corrected chi connectivity index (χ4v) is 4.42. The number of rotatable bonds is 9. The van der Waals surface area contributed by atoms with Crippen molar-refractivity contribution in [2.75, 3.05) is 56.7 Å². The molecule has 32 heavy (non-hydrogen) atoms. The molecule has 0 unspecified atom stereocenters. The number of nitriles is 1. The van der Waals surface area contributed by atoms with E-state index in [1.54, 1.807) is 12.1 Å². The van der Waals surface area contributed by atoms with Crippen molar-refractivity contribution in [3.8, 4) is 6.07 Å². The maximum Gasteiger partial charge on any atom is 0.240 e. The van der Waals surface area contributed by atoms with Crippen molar-refractivity contribution < 1.29 is 13.2 Å². The summed E-state index contributed by atoms with van der Waals surface area (Å²) in [5.74, 6) is 0.953. The number of sulfonamides is 1. The average molecular weight is 460 g/mol. The van der Waals surface area contributed by atoms with Gasteiger partial charge in [0.1, 0.15) is 11.6 Å². The van der Waals surface area contributed by atoms with Crippen LogP contribution in [0, 0.1) is 11.3 Å². The molecule has 0 amide bonds. The zero-order valence-corrected chi connectivity index (χ0v) is 19.4. The van der Waals surface area contributed by atoms with E-state index in [9.17, 15) is 13.7 Å². The monoisotopic (exact) mass is 459 g/mol. The largest absolute Gasteiger partial charge is 0.383 e.